The molecule has 0 radical (unpaired) electrons. The molecule has 34 heavy (non-hydrogen) atoms. The number of nitrogens with zero attached hydrogens (tertiary/aromatic N) is 1. The van der Waals surface area contributed by atoms with Gasteiger partial charge in [0.25, 0.3) is 5.91 Å². The van der Waals surface area contributed by atoms with Gasteiger partial charge in [-0.2, -0.15) is 0 Å². The van der Waals surface area contributed by atoms with Gasteiger partial charge in [-0.3, -0.25) is 9.69 Å². The van der Waals surface area contributed by atoms with Gasteiger partial charge >= 0.3 is 0 Å². The number of amides is 1. The summed E-state index contributed by atoms with van der Waals surface area (Å²) < 4.78 is 20.0. The molecule has 1 heterocycles. The Hall–Kier alpha value is -2.89. The highest BCUT2D eigenvalue weighted by atomic mass is 35.5. The van der Waals surface area contributed by atoms with E-state index >= 15 is 0 Å². The molecule has 0 atom stereocenters. The number of ether oxygens (including phenoxy) is 1. The lowest BCUT2D eigenvalue weighted by atomic mass is 9.76. The number of hydrogen-bond acceptors (Lipinski definition) is 3. The molecule has 2 fully saturated rings. The van der Waals surface area contributed by atoms with Crippen LogP contribution in [0.2, 0.25) is 5.02 Å². The topological polar surface area (TPSA) is 41.6 Å². The lowest BCUT2D eigenvalue weighted by Gasteiger charge is -2.36. The quantitative estimate of drug-likeness (QED) is 0.419. The molecule has 2 aliphatic rings. The van der Waals surface area contributed by atoms with Crippen molar-refractivity contribution in [2.75, 3.05) is 13.1 Å². The van der Waals surface area contributed by atoms with Crippen LogP contribution in [0.3, 0.4) is 0 Å². The van der Waals surface area contributed by atoms with E-state index in [1.165, 1.54) is 30.5 Å². The Bertz CT molecular complexity index is 1160. The van der Waals surface area contributed by atoms with Crippen LogP contribution < -0.4 is 10.1 Å². The molecule has 5 rings (SSSR count). The standard InChI is InChI=1S/C28H28ClFN2O2/c29-25-11-10-24(17-26(25)30)34-27-16-20(8-9-21(27)18-32-12-4-5-13-32)28(33)31-23-14-22(15-23)19-6-2-1-3-7-19/h1-3,6-11,16-17,22-23H,4-5,12-15,18H2,(H,31,33). The number of nitrogens with one attached hydrogen (secondary N) is 1. The van der Waals surface area contributed by atoms with E-state index in [4.69, 9.17) is 16.3 Å². The van der Waals surface area contributed by atoms with Crippen molar-refractivity contribution in [3.05, 3.63) is 94.3 Å². The largest absolute Gasteiger partial charge is 0.457 e. The summed E-state index contributed by atoms with van der Waals surface area (Å²) >= 11 is 5.82. The maximum Gasteiger partial charge on any atom is 0.251 e. The van der Waals surface area contributed by atoms with Crippen LogP contribution in [0.1, 0.15) is 53.1 Å². The minimum atomic E-state index is -0.535. The van der Waals surface area contributed by atoms with Crippen molar-refractivity contribution in [2.24, 2.45) is 0 Å². The van der Waals surface area contributed by atoms with Gasteiger partial charge in [0.15, 0.2) is 0 Å². The van der Waals surface area contributed by atoms with Crippen molar-refractivity contribution in [1.29, 1.82) is 0 Å². The van der Waals surface area contributed by atoms with E-state index in [0.717, 1.165) is 38.0 Å². The second-order valence-corrected chi connectivity index (χ2v) is 9.64. The minimum absolute atomic E-state index is 0.0482. The molecule has 0 bridgehead atoms. The van der Waals surface area contributed by atoms with Gasteiger partial charge in [-0.05, 0) is 74.5 Å². The Morgan fingerprint density at radius 2 is 1.79 bits per heavy atom. The molecule has 6 heteroatoms. The average Bonchev–Trinajstić information content (AvgIpc) is 3.33. The van der Waals surface area contributed by atoms with Gasteiger partial charge in [-0.25, -0.2) is 4.39 Å². The van der Waals surface area contributed by atoms with Gasteiger partial charge < -0.3 is 10.1 Å². The Kier molecular flexibility index (Phi) is 6.84. The summed E-state index contributed by atoms with van der Waals surface area (Å²) in [5.41, 5.74) is 2.84. The normalized spacial score (nSPS) is 20.1. The number of halogens is 2. The Balaban J connectivity index is 1.30. The Labute approximate surface area is 204 Å². The van der Waals surface area contributed by atoms with Crippen molar-refractivity contribution in [3.63, 3.8) is 0 Å². The predicted octanol–water partition coefficient (Wildman–Crippen LogP) is 6.54. The summed E-state index contributed by atoms with van der Waals surface area (Å²) in [4.78, 5) is 15.4. The minimum Gasteiger partial charge on any atom is -0.457 e. The van der Waals surface area contributed by atoms with Crippen LogP contribution >= 0.6 is 11.6 Å². The first-order valence-corrected chi connectivity index (χ1v) is 12.3. The first kappa shape index (κ1) is 22.9. The van der Waals surface area contributed by atoms with E-state index < -0.39 is 5.82 Å². The highest BCUT2D eigenvalue weighted by Gasteiger charge is 2.31. The van der Waals surface area contributed by atoms with Gasteiger partial charge in [0.2, 0.25) is 0 Å². The molecule has 1 N–H and O–H groups in total. The van der Waals surface area contributed by atoms with Gasteiger partial charge in [0, 0.05) is 29.8 Å². The van der Waals surface area contributed by atoms with E-state index in [2.05, 4.69) is 34.5 Å². The number of carbonyl (C=O) groups is 1. The summed E-state index contributed by atoms with van der Waals surface area (Å²) in [6.45, 7) is 2.82. The predicted molar refractivity (Wildman–Crippen MR) is 132 cm³/mol. The van der Waals surface area contributed by atoms with Crippen molar-refractivity contribution in [2.45, 2.75) is 44.2 Å². The molecule has 1 saturated carbocycles. The molecule has 1 aliphatic carbocycles. The lowest BCUT2D eigenvalue weighted by Crippen LogP contribution is -2.43. The van der Waals surface area contributed by atoms with Crippen LogP contribution in [-0.4, -0.2) is 29.9 Å². The lowest BCUT2D eigenvalue weighted by molar-refractivity contribution is 0.0908. The summed E-state index contributed by atoms with van der Waals surface area (Å²) in [6, 6.07) is 20.5. The third-order valence-electron chi connectivity index (χ3n) is 6.79. The monoisotopic (exact) mass is 478 g/mol. The molecule has 1 aliphatic heterocycles. The maximum atomic E-state index is 14.0. The van der Waals surface area contributed by atoms with Gasteiger partial charge in [0.1, 0.15) is 17.3 Å². The molecule has 0 unspecified atom stereocenters. The number of likely N-dealkylation sites (tertiary alicyclic amines) is 1. The van der Waals surface area contributed by atoms with Crippen LogP contribution in [0.15, 0.2) is 66.7 Å². The number of carbonyl (C=O) groups excluding carboxylic acids is 1. The van der Waals surface area contributed by atoms with E-state index in [9.17, 15) is 9.18 Å². The third kappa shape index (κ3) is 5.26. The number of rotatable bonds is 7. The summed E-state index contributed by atoms with van der Waals surface area (Å²) in [6.07, 6.45) is 4.25. The zero-order valence-corrected chi connectivity index (χ0v) is 19.7. The average molecular weight is 479 g/mol. The van der Waals surface area contributed by atoms with E-state index in [1.807, 2.05) is 18.2 Å². The SMILES string of the molecule is O=C(NC1CC(c2ccccc2)C1)c1ccc(CN2CCCC2)c(Oc2ccc(Cl)c(F)c2)c1. The third-order valence-corrected chi connectivity index (χ3v) is 7.09. The second-order valence-electron chi connectivity index (χ2n) is 9.23. The Morgan fingerprint density at radius 3 is 2.53 bits per heavy atom. The maximum absolute atomic E-state index is 14.0. The van der Waals surface area contributed by atoms with Crippen LogP contribution in [0.25, 0.3) is 0 Å². The number of benzene rings is 3. The van der Waals surface area contributed by atoms with Crippen molar-refractivity contribution < 1.29 is 13.9 Å². The van der Waals surface area contributed by atoms with Crippen molar-refractivity contribution >= 4 is 17.5 Å². The van der Waals surface area contributed by atoms with Crippen LogP contribution in [0, 0.1) is 5.82 Å². The van der Waals surface area contributed by atoms with Crippen LogP contribution in [-0.2, 0) is 6.54 Å². The van der Waals surface area contributed by atoms with E-state index in [1.54, 1.807) is 12.1 Å². The molecule has 176 valence electrons. The molecule has 1 saturated heterocycles. The van der Waals surface area contributed by atoms with E-state index in [-0.39, 0.29) is 17.0 Å². The second kappa shape index (κ2) is 10.2. The molecule has 4 nitrogen and oxygen atoms in total. The summed E-state index contributed by atoms with van der Waals surface area (Å²) in [7, 11) is 0. The molecule has 0 spiro atoms. The van der Waals surface area contributed by atoms with Gasteiger partial charge in [-0.15, -0.1) is 0 Å². The summed E-state index contributed by atoms with van der Waals surface area (Å²) in [5, 5.41) is 3.20. The highest BCUT2D eigenvalue weighted by molar-refractivity contribution is 6.30. The van der Waals surface area contributed by atoms with Gasteiger partial charge in [0.05, 0.1) is 5.02 Å². The zero-order valence-electron chi connectivity index (χ0n) is 19.0. The van der Waals surface area contributed by atoms with E-state index in [0.29, 0.717) is 23.0 Å². The first-order chi connectivity index (χ1) is 16.5. The smallest absolute Gasteiger partial charge is 0.251 e. The van der Waals surface area contributed by atoms with Gasteiger partial charge in [-0.1, -0.05) is 48.0 Å². The molecule has 0 aromatic heterocycles. The molecule has 1 amide bonds. The summed E-state index contributed by atoms with van der Waals surface area (Å²) in [5.74, 6) is 0.764. The van der Waals surface area contributed by atoms with Crippen molar-refractivity contribution in [3.8, 4) is 11.5 Å². The fraction of sp³-hybridized carbons (Fsp3) is 0.321. The molecular weight excluding hydrogens is 451 g/mol. The molecule has 3 aromatic carbocycles. The first-order valence-electron chi connectivity index (χ1n) is 11.9. The zero-order chi connectivity index (χ0) is 23.5. The fourth-order valence-corrected chi connectivity index (χ4v) is 4.89. The molecule has 3 aromatic rings. The van der Waals surface area contributed by atoms with Crippen LogP contribution in [0.5, 0.6) is 11.5 Å². The van der Waals surface area contributed by atoms with Crippen molar-refractivity contribution in [1.82, 2.24) is 10.2 Å². The van der Waals surface area contributed by atoms with Crippen LogP contribution in [0.4, 0.5) is 4.39 Å². The highest BCUT2D eigenvalue weighted by Crippen LogP contribution is 2.37. The number of hydrogen-bond donors (Lipinski definition) is 1. The Morgan fingerprint density at radius 1 is 1.03 bits per heavy atom. The fourth-order valence-electron chi connectivity index (χ4n) is 4.77. The molecular formula is C28H28ClFN2O2.